The fourth-order valence-corrected chi connectivity index (χ4v) is 2.87. The molecule has 118 valence electrons. The summed E-state index contributed by atoms with van der Waals surface area (Å²) in [5, 5.41) is 1.90. The number of rotatable bonds is 3. The van der Waals surface area contributed by atoms with Gasteiger partial charge in [-0.05, 0) is 17.4 Å². The Bertz CT molecular complexity index is 471. The molecule has 0 radical (unpaired) electrons. The van der Waals surface area contributed by atoms with Gasteiger partial charge in [-0.2, -0.15) is 0 Å². The van der Waals surface area contributed by atoms with Crippen molar-refractivity contribution in [3.63, 3.8) is 0 Å². The number of amides is 2. The largest absolute Gasteiger partial charge is 0.338 e. The smallest absolute Gasteiger partial charge is 0.264 e. The van der Waals surface area contributed by atoms with Gasteiger partial charge in [-0.3, -0.25) is 9.59 Å². The molecule has 1 aliphatic rings. The van der Waals surface area contributed by atoms with Crippen molar-refractivity contribution in [1.29, 1.82) is 0 Å². The number of carbonyl (C=O) groups is 2. The van der Waals surface area contributed by atoms with Gasteiger partial charge in [-0.15, -0.1) is 23.7 Å². The summed E-state index contributed by atoms with van der Waals surface area (Å²) in [7, 11) is 0. The molecule has 1 aromatic heterocycles. The molecule has 1 unspecified atom stereocenters. The van der Waals surface area contributed by atoms with Crippen LogP contribution in [0.4, 0.5) is 0 Å². The van der Waals surface area contributed by atoms with Crippen LogP contribution in [-0.2, 0) is 4.79 Å². The van der Waals surface area contributed by atoms with Crippen molar-refractivity contribution in [2.45, 2.75) is 19.9 Å². The summed E-state index contributed by atoms with van der Waals surface area (Å²) >= 11 is 1.45. The highest BCUT2D eigenvalue weighted by atomic mass is 35.5. The van der Waals surface area contributed by atoms with Gasteiger partial charge in [-0.1, -0.05) is 19.9 Å². The van der Waals surface area contributed by atoms with Crippen LogP contribution >= 0.6 is 23.7 Å². The molecule has 1 aliphatic heterocycles. The Morgan fingerprint density at radius 3 is 2.24 bits per heavy atom. The highest BCUT2D eigenvalue weighted by molar-refractivity contribution is 7.12. The van der Waals surface area contributed by atoms with Gasteiger partial charge in [0, 0.05) is 26.2 Å². The van der Waals surface area contributed by atoms with Crippen LogP contribution in [0, 0.1) is 5.92 Å². The van der Waals surface area contributed by atoms with Gasteiger partial charge in [-0.25, -0.2) is 0 Å². The monoisotopic (exact) mass is 331 g/mol. The first-order chi connectivity index (χ1) is 9.50. The molecule has 1 atom stereocenters. The summed E-state index contributed by atoms with van der Waals surface area (Å²) in [5.74, 6) is 0.178. The summed E-state index contributed by atoms with van der Waals surface area (Å²) in [6.07, 6.45) is 0. The molecule has 5 nitrogen and oxygen atoms in total. The summed E-state index contributed by atoms with van der Waals surface area (Å²) in [6.45, 7) is 6.17. The maximum atomic E-state index is 12.2. The minimum atomic E-state index is -0.449. The molecule has 2 heterocycles. The highest BCUT2D eigenvalue weighted by Crippen LogP contribution is 2.14. The first-order valence-electron chi connectivity index (χ1n) is 6.88. The number of hydrogen-bond donors (Lipinski definition) is 1. The summed E-state index contributed by atoms with van der Waals surface area (Å²) in [6, 6.07) is 3.26. The van der Waals surface area contributed by atoms with Crippen molar-refractivity contribution < 1.29 is 9.59 Å². The van der Waals surface area contributed by atoms with E-state index >= 15 is 0 Å². The lowest BCUT2D eigenvalue weighted by atomic mass is 10.0. The van der Waals surface area contributed by atoms with Gasteiger partial charge in [0.25, 0.3) is 5.91 Å². The molecular formula is C14H22ClN3O2S. The van der Waals surface area contributed by atoms with Crippen LogP contribution in [0.15, 0.2) is 17.5 Å². The molecule has 0 aromatic carbocycles. The molecule has 0 spiro atoms. The van der Waals surface area contributed by atoms with Crippen LogP contribution in [0.3, 0.4) is 0 Å². The van der Waals surface area contributed by atoms with Crippen molar-refractivity contribution in [2.24, 2.45) is 11.7 Å². The topological polar surface area (TPSA) is 66.6 Å². The third-order valence-corrected chi connectivity index (χ3v) is 4.47. The van der Waals surface area contributed by atoms with Gasteiger partial charge in [0.1, 0.15) is 0 Å². The highest BCUT2D eigenvalue weighted by Gasteiger charge is 2.28. The molecule has 7 heteroatoms. The first-order valence-corrected chi connectivity index (χ1v) is 7.76. The number of nitrogens with two attached hydrogens (primary N) is 1. The Hall–Kier alpha value is -1.11. The quantitative estimate of drug-likeness (QED) is 0.911. The molecule has 2 N–H and O–H groups in total. The molecule has 1 saturated heterocycles. The maximum Gasteiger partial charge on any atom is 0.264 e. The summed E-state index contributed by atoms with van der Waals surface area (Å²) < 4.78 is 0. The number of halogens is 1. The Labute approximate surface area is 135 Å². The average Bonchev–Trinajstić information content (AvgIpc) is 2.99. The lowest BCUT2D eigenvalue weighted by Gasteiger charge is -2.36. The van der Waals surface area contributed by atoms with E-state index in [2.05, 4.69) is 0 Å². The molecular weight excluding hydrogens is 310 g/mol. The molecule has 0 bridgehead atoms. The number of piperazine rings is 1. The molecule has 0 saturated carbocycles. The Morgan fingerprint density at radius 2 is 1.76 bits per heavy atom. The maximum absolute atomic E-state index is 12.2. The zero-order chi connectivity index (χ0) is 14.7. The van der Waals surface area contributed by atoms with Gasteiger partial charge < -0.3 is 15.5 Å². The van der Waals surface area contributed by atoms with Crippen molar-refractivity contribution in [1.82, 2.24) is 9.80 Å². The van der Waals surface area contributed by atoms with E-state index in [0.717, 1.165) is 4.88 Å². The van der Waals surface area contributed by atoms with Crippen LogP contribution in [0.5, 0.6) is 0 Å². The van der Waals surface area contributed by atoms with E-state index in [9.17, 15) is 9.59 Å². The molecule has 2 amide bonds. The molecule has 0 aliphatic carbocycles. The molecule has 1 aromatic rings. The summed E-state index contributed by atoms with van der Waals surface area (Å²) in [5.41, 5.74) is 5.89. The van der Waals surface area contributed by atoms with E-state index in [-0.39, 0.29) is 30.1 Å². The van der Waals surface area contributed by atoms with Crippen molar-refractivity contribution >= 4 is 35.6 Å². The normalized spacial score (nSPS) is 16.6. The van der Waals surface area contributed by atoms with E-state index in [1.165, 1.54) is 11.3 Å². The summed E-state index contributed by atoms with van der Waals surface area (Å²) in [4.78, 5) is 28.7. The van der Waals surface area contributed by atoms with Crippen LogP contribution < -0.4 is 5.73 Å². The van der Waals surface area contributed by atoms with Gasteiger partial charge >= 0.3 is 0 Å². The van der Waals surface area contributed by atoms with Crippen LogP contribution in [0.25, 0.3) is 0 Å². The lowest BCUT2D eigenvalue weighted by molar-refractivity contribution is -0.135. The number of hydrogen-bond acceptors (Lipinski definition) is 4. The van der Waals surface area contributed by atoms with Crippen molar-refractivity contribution in [3.8, 4) is 0 Å². The standard InChI is InChI=1S/C14H21N3O2S.ClH/c1-10(2)12(15)14(19)17-7-5-16(6-8-17)13(18)11-4-3-9-20-11;/h3-4,9-10,12H,5-8,15H2,1-2H3;1H. The van der Waals surface area contributed by atoms with Crippen molar-refractivity contribution in [3.05, 3.63) is 22.4 Å². The minimum absolute atomic E-state index is 0. The molecule has 2 rings (SSSR count). The zero-order valence-electron chi connectivity index (χ0n) is 12.3. The van der Waals surface area contributed by atoms with Gasteiger partial charge in [0.05, 0.1) is 10.9 Å². The Balaban J connectivity index is 0.00000220. The molecule has 21 heavy (non-hydrogen) atoms. The fraction of sp³-hybridized carbons (Fsp3) is 0.571. The minimum Gasteiger partial charge on any atom is -0.338 e. The third kappa shape index (κ3) is 4.18. The SMILES string of the molecule is CC(C)C(N)C(=O)N1CCN(C(=O)c2cccs2)CC1.Cl. The first kappa shape index (κ1) is 17.9. The Kier molecular flexibility index (Phi) is 6.64. The second-order valence-electron chi connectivity index (χ2n) is 5.36. The van der Waals surface area contributed by atoms with Gasteiger partial charge in [0.2, 0.25) is 5.91 Å². The number of carbonyl (C=O) groups excluding carboxylic acids is 2. The van der Waals surface area contributed by atoms with Crippen molar-refractivity contribution in [2.75, 3.05) is 26.2 Å². The second kappa shape index (κ2) is 7.77. The van der Waals surface area contributed by atoms with E-state index in [0.29, 0.717) is 26.2 Å². The zero-order valence-corrected chi connectivity index (χ0v) is 14.0. The van der Waals surface area contributed by atoms with E-state index in [1.807, 2.05) is 31.4 Å². The Morgan fingerprint density at radius 1 is 1.19 bits per heavy atom. The molecule has 1 fully saturated rings. The van der Waals surface area contributed by atoms with E-state index in [1.54, 1.807) is 9.80 Å². The third-order valence-electron chi connectivity index (χ3n) is 3.61. The van der Waals surface area contributed by atoms with Crippen LogP contribution in [0.1, 0.15) is 23.5 Å². The average molecular weight is 332 g/mol. The van der Waals surface area contributed by atoms with Crippen LogP contribution in [-0.4, -0.2) is 53.8 Å². The van der Waals surface area contributed by atoms with E-state index < -0.39 is 6.04 Å². The lowest BCUT2D eigenvalue weighted by Crippen LogP contribution is -2.55. The van der Waals surface area contributed by atoms with Gasteiger partial charge in [0.15, 0.2) is 0 Å². The number of thiophene rings is 1. The second-order valence-corrected chi connectivity index (χ2v) is 6.31. The predicted molar refractivity (Wildman–Crippen MR) is 86.9 cm³/mol. The fourth-order valence-electron chi connectivity index (χ4n) is 2.18. The van der Waals surface area contributed by atoms with Crippen LogP contribution in [0.2, 0.25) is 0 Å². The number of nitrogens with zero attached hydrogens (tertiary/aromatic N) is 2. The van der Waals surface area contributed by atoms with E-state index in [4.69, 9.17) is 5.73 Å². The predicted octanol–water partition coefficient (Wildman–Crippen LogP) is 1.44.